The first-order valence-corrected chi connectivity index (χ1v) is 6.12. The van der Waals surface area contributed by atoms with Crippen molar-refractivity contribution in [1.82, 2.24) is 0 Å². The van der Waals surface area contributed by atoms with Crippen molar-refractivity contribution in [1.29, 1.82) is 5.26 Å². The number of hydrogen-bond donors (Lipinski definition) is 0. The lowest BCUT2D eigenvalue weighted by Gasteiger charge is -2.21. The third-order valence-electron chi connectivity index (χ3n) is 2.20. The highest BCUT2D eigenvalue weighted by Gasteiger charge is 2.09. The SMILES string of the molecule is CN(CCC#N)c1cccc(Cl)c1CBr. The van der Waals surface area contributed by atoms with Crippen LogP contribution in [-0.2, 0) is 5.33 Å². The largest absolute Gasteiger partial charge is 0.373 e. The van der Waals surface area contributed by atoms with Crippen molar-refractivity contribution in [3.8, 4) is 6.07 Å². The molecule has 15 heavy (non-hydrogen) atoms. The zero-order valence-electron chi connectivity index (χ0n) is 8.50. The quantitative estimate of drug-likeness (QED) is 0.791. The summed E-state index contributed by atoms with van der Waals surface area (Å²) >= 11 is 9.51. The Morgan fingerprint density at radius 2 is 2.27 bits per heavy atom. The Balaban J connectivity index is 2.93. The van der Waals surface area contributed by atoms with E-state index in [1.807, 2.05) is 30.1 Å². The van der Waals surface area contributed by atoms with Crippen LogP contribution in [0.2, 0.25) is 5.02 Å². The average Bonchev–Trinajstić information content (AvgIpc) is 2.25. The number of anilines is 1. The van der Waals surface area contributed by atoms with E-state index in [1.165, 1.54) is 0 Å². The highest BCUT2D eigenvalue weighted by atomic mass is 79.9. The maximum absolute atomic E-state index is 8.53. The number of benzene rings is 1. The first-order chi connectivity index (χ1) is 7.20. The van der Waals surface area contributed by atoms with Gasteiger partial charge in [-0.1, -0.05) is 33.6 Å². The molecule has 0 fully saturated rings. The molecular formula is C11H12BrClN2. The summed E-state index contributed by atoms with van der Waals surface area (Å²) in [5.74, 6) is 0. The summed E-state index contributed by atoms with van der Waals surface area (Å²) in [5, 5.41) is 10.0. The van der Waals surface area contributed by atoms with Gasteiger partial charge in [0.15, 0.2) is 0 Å². The molecule has 0 saturated carbocycles. The first-order valence-electron chi connectivity index (χ1n) is 4.62. The van der Waals surface area contributed by atoms with Crippen molar-refractivity contribution >= 4 is 33.2 Å². The molecule has 1 aromatic carbocycles. The van der Waals surface area contributed by atoms with E-state index in [4.69, 9.17) is 16.9 Å². The van der Waals surface area contributed by atoms with E-state index in [-0.39, 0.29) is 0 Å². The lowest BCUT2D eigenvalue weighted by molar-refractivity contribution is 0.900. The van der Waals surface area contributed by atoms with Crippen LogP contribution in [0.1, 0.15) is 12.0 Å². The minimum atomic E-state index is 0.519. The molecule has 4 heteroatoms. The summed E-state index contributed by atoms with van der Waals surface area (Å²) in [6, 6.07) is 7.95. The maximum Gasteiger partial charge on any atom is 0.0640 e. The predicted octanol–water partition coefficient (Wildman–Crippen LogP) is 3.58. The minimum Gasteiger partial charge on any atom is -0.373 e. The van der Waals surface area contributed by atoms with Crippen LogP contribution in [-0.4, -0.2) is 13.6 Å². The molecule has 0 radical (unpaired) electrons. The van der Waals surface area contributed by atoms with E-state index in [1.54, 1.807) is 0 Å². The van der Waals surface area contributed by atoms with Gasteiger partial charge in [0.05, 0.1) is 12.5 Å². The summed E-state index contributed by atoms with van der Waals surface area (Å²) in [4.78, 5) is 2.05. The van der Waals surface area contributed by atoms with Gasteiger partial charge < -0.3 is 4.90 Å². The average molecular weight is 288 g/mol. The van der Waals surface area contributed by atoms with Crippen LogP contribution in [0.5, 0.6) is 0 Å². The summed E-state index contributed by atoms with van der Waals surface area (Å²) in [5.41, 5.74) is 2.15. The lowest BCUT2D eigenvalue weighted by Crippen LogP contribution is -2.19. The van der Waals surface area contributed by atoms with Crippen molar-refractivity contribution in [2.24, 2.45) is 0 Å². The van der Waals surface area contributed by atoms with Gasteiger partial charge in [0.25, 0.3) is 0 Å². The second-order valence-corrected chi connectivity index (χ2v) is 4.17. The molecule has 1 rings (SSSR count). The van der Waals surface area contributed by atoms with Crippen LogP contribution < -0.4 is 4.90 Å². The molecule has 0 heterocycles. The van der Waals surface area contributed by atoms with Crippen molar-refractivity contribution in [2.45, 2.75) is 11.8 Å². The second kappa shape index (κ2) is 5.99. The van der Waals surface area contributed by atoms with Gasteiger partial charge in [-0.3, -0.25) is 0 Å². The number of hydrogen-bond acceptors (Lipinski definition) is 2. The Kier molecular flexibility index (Phi) is 4.93. The molecule has 0 aliphatic heterocycles. The van der Waals surface area contributed by atoms with Gasteiger partial charge in [0.2, 0.25) is 0 Å². The lowest BCUT2D eigenvalue weighted by atomic mass is 10.2. The Labute approximate surface area is 104 Å². The molecule has 2 nitrogen and oxygen atoms in total. The van der Waals surface area contributed by atoms with Gasteiger partial charge in [-0.2, -0.15) is 5.26 Å². The Hall–Kier alpha value is -0.720. The molecule has 0 aliphatic rings. The number of nitriles is 1. The van der Waals surface area contributed by atoms with Crippen LogP contribution in [0.3, 0.4) is 0 Å². The molecule has 0 spiro atoms. The van der Waals surface area contributed by atoms with Gasteiger partial charge in [-0.15, -0.1) is 0 Å². The van der Waals surface area contributed by atoms with Crippen molar-refractivity contribution in [3.05, 3.63) is 28.8 Å². The highest BCUT2D eigenvalue weighted by Crippen LogP contribution is 2.28. The second-order valence-electron chi connectivity index (χ2n) is 3.20. The maximum atomic E-state index is 8.53. The van der Waals surface area contributed by atoms with E-state index in [2.05, 4.69) is 22.0 Å². The smallest absolute Gasteiger partial charge is 0.0640 e. The van der Waals surface area contributed by atoms with Crippen molar-refractivity contribution in [3.63, 3.8) is 0 Å². The van der Waals surface area contributed by atoms with Crippen LogP contribution in [0.25, 0.3) is 0 Å². The fourth-order valence-corrected chi connectivity index (χ4v) is 2.36. The minimum absolute atomic E-state index is 0.519. The third-order valence-corrected chi connectivity index (χ3v) is 3.11. The molecule has 0 aliphatic carbocycles. The fraction of sp³-hybridized carbons (Fsp3) is 0.364. The molecule has 0 unspecified atom stereocenters. The fourth-order valence-electron chi connectivity index (χ4n) is 1.38. The molecule has 0 saturated heterocycles. The number of nitrogens with zero attached hydrogens (tertiary/aromatic N) is 2. The van der Waals surface area contributed by atoms with E-state index in [0.717, 1.165) is 28.1 Å². The summed E-state index contributed by atoms with van der Waals surface area (Å²) in [6.45, 7) is 0.719. The molecule has 0 bridgehead atoms. The molecule has 0 atom stereocenters. The highest BCUT2D eigenvalue weighted by molar-refractivity contribution is 9.08. The summed E-state index contributed by atoms with van der Waals surface area (Å²) in [7, 11) is 1.97. The van der Waals surface area contributed by atoms with Crippen molar-refractivity contribution in [2.75, 3.05) is 18.5 Å². The zero-order chi connectivity index (χ0) is 11.3. The Bertz CT molecular complexity index is 373. The molecule has 0 N–H and O–H groups in total. The van der Waals surface area contributed by atoms with Gasteiger partial charge in [-0.05, 0) is 12.1 Å². The predicted molar refractivity (Wildman–Crippen MR) is 67.6 cm³/mol. The molecule has 0 aromatic heterocycles. The molecule has 80 valence electrons. The van der Waals surface area contributed by atoms with Gasteiger partial charge >= 0.3 is 0 Å². The third kappa shape index (κ3) is 3.12. The van der Waals surface area contributed by atoms with Gasteiger partial charge in [-0.25, -0.2) is 0 Å². The van der Waals surface area contributed by atoms with E-state index in [9.17, 15) is 0 Å². The summed E-state index contributed by atoms with van der Waals surface area (Å²) < 4.78 is 0. The number of alkyl halides is 1. The normalized spacial score (nSPS) is 9.73. The standard InChI is InChI=1S/C11H12BrClN2/c1-15(7-3-6-14)11-5-2-4-10(13)9(11)8-12/h2,4-5H,3,7-8H2,1H3. The van der Waals surface area contributed by atoms with E-state index in [0.29, 0.717) is 6.42 Å². The Morgan fingerprint density at radius 1 is 1.53 bits per heavy atom. The molecular weight excluding hydrogens is 275 g/mol. The van der Waals surface area contributed by atoms with Crippen molar-refractivity contribution < 1.29 is 0 Å². The Morgan fingerprint density at radius 3 is 2.87 bits per heavy atom. The first kappa shape index (κ1) is 12.4. The zero-order valence-corrected chi connectivity index (χ0v) is 10.8. The van der Waals surface area contributed by atoms with Crippen LogP contribution in [0.4, 0.5) is 5.69 Å². The van der Waals surface area contributed by atoms with Crippen LogP contribution in [0.15, 0.2) is 18.2 Å². The molecule has 0 amide bonds. The van der Waals surface area contributed by atoms with Gasteiger partial charge in [0, 0.05) is 35.2 Å². The van der Waals surface area contributed by atoms with Crippen LogP contribution >= 0.6 is 27.5 Å². The van der Waals surface area contributed by atoms with Gasteiger partial charge in [0.1, 0.15) is 0 Å². The van der Waals surface area contributed by atoms with E-state index < -0.39 is 0 Å². The number of rotatable bonds is 4. The summed E-state index contributed by atoms with van der Waals surface area (Å²) in [6.07, 6.45) is 0.519. The molecule has 1 aromatic rings. The monoisotopic (exact) mass is 286 g/mol. The topological polar surface area (TPSA) is 27.0 Å². The number of halogens is 2. The van der Waals surface area contributed by atoms with Crippen LogP contribution in [0, 0.1) is 11.3 Å². The van der Waals surface area contributed by atoms with E-state index >= 15 is 0 Å².